The number of amides is 2. The Bertz CT molecular complexity index is 813. The number of likely N-dealkylation sites (tertiary alicyclic amines) is 1. The first-order valence-electron chi connectivity index (χ1n) is 11.4. The molecule has 170 valence electrons. The van der Waals surface area contributed by atoms with Crippen LogP contribution in [0.2, 0.25) is 0 Å². The summed E-state index contributed by atoms with van der Waals surface area (Å²) in [5.74, 6) is -0.223. The van der Waals surface area contributed by atoms with Gasteiger partial charge in [0.05, 0.1) is 12.5 Å². The molecule has 1 aromatic rings. The Morgan fingerprint density at radius 1 is 1.19 bits per heavy atom. The highest BCUT2D eigenvalue weighted by atomic mass is 16.5. The molecule has 2 unspecified atom stereocenters. The summed E-state index contributed by atoms with van der Waals surface area (Å²) < 4.78 is 10.5. The van der Waals surface area contributed by atoms with Gasteiger partial charge in [0.15, 0.2) is 5.69 Å². The maximum atomic E-state index is 13.0. The molecule has 3 aliphatic rings. The second-order valence-corrected chi connectivity index (χ2v) is 9.01. The van der Waals surface area contributed by atoms with Gasteiger partial charge in [0, 0.05) is 43.1 Å². The van der Waals surface area contributed by atoms with Gasteiger partial charge in [-0.3, -0.25) is 14.4 Å². The summed E-state index contributed by atoms with van der Waals surface area (Å²) in [5, 5.41) is 6.81. The van der Waals surface area contributed by atoms with Crippen LogP contribution in [0.4, 0.5) is 0 Å². The summed E-state index contributed by atoms with van der Waals surface area (Å²) in [4.78, 5) is 40.2. The van der Waals surface area contributed by atoms with Gasteiger partial charge in [-0.05, 0) is 51.9 Å². The summed E-state index contributed by atoms with van der Waals surface area (Å²) >= 11 is 0. The smallest absolute Gasteiger partial charge is 0.312 e. The number of nitrogens with one attached hydrogen (secondary N) is 1. The minimum atomic E-state index is -0.609. The molecule has 1 saturated heterocycles. The van der Waals surface area contributed by atoms with Gasteiger partial charge in [-0.1, -0.05) is 5.16 Å². The molecular formula is C22H32N4O5. The second kappa shape index (κ2) is 9.38. The molecule has 2 aliphatic carbocycles. The average molecular weight is 433 g/mol. The third-order valence-electron chi connectivity index (χ3n) is 6.69. The molecule has 3 N–H and O–H groups in total. The molecule has 4 rings (SSSR count). The van der Waals surface area contributed by atoms with Crippen molar-refractivity contribution in [2.75, 3.05) is 19.7 Å². The van der Waals surface area contributed by atoms with Crippen molar-refractivity contribution in [1.82, 2.24) is 15.4 Å². The van der Waals surface area contributed by atoms with Crippen LogP contribution < -0.4 is 11.1 Å². The SMILES string of the molecule is CCOC(=O)C1CN(C(=O)C2CCC(N)CC2)CCC1NC(=O)c1cc(C2CC2)on1. The maximum absolute atomic E-state index is 13.0. The molecule has 2 saturated carbocycles. The highest BCUT2D eigenvalue weighted by Crippen LogP contribution is 2.40. The maximum Gasteiger partial charge on any atom is 0.312 e. The van der Waals surface area contributed by atoms with E-state index >= 15 is 0 Å². The Hall–Kier alpha value is -2.42. The van der Waals surface area contributed by atoms with Crippen LogP contribution in [0.5, 0.6) is 0 Å². The first-order chi connectivity index (χ1) is 15.0. The Labute approximate surface area is 182 Å². The molecule has 1 aliphatic heterocycles. The topological polar surface area (TPSA) is 128 Å². The molecule has 9 nitrogen and oxygen atoms in total. The number of carbonyl (C=O) groups is 3. The molecule has 2 amide bonds. The highest BCUT2D eigenvalue weighted by Gasteiger charge is 2.40. The number of nitrogens with two attached hydrogens (primary N) is 1. The highest BCUT2D eigenvalue weighted by molar-refractivity contribution is 5.93. The van der Waals surface area contributed by atoms with E-state index in [4.69, 9.17) is 15.0 Å². The first kappa shape index (κ1) is 21.8. The molecule has 2 atom stereocenters. The van der Waals surface area contributed by atoms with Gasteiger partial charge in [0.2, 0.25) is 5.91 Å². The summed E-state index contributed by atoms with van der Waals surface area (Å²) in [6, 6.07) is 1.43. The number of hydrogen-bond acceptors (Lipinski definition) is 7. The fourth-order valence-corrected chi connectivity index (χ4v) is 4.64. The van der Waals surface area contributed by atoms with E-state index in [0.29, 0.717) is 18.9 Å². The third kappa shape index (κ3) is 5.08. The van der Waals surface area contributed by atoms with E-state index in [0.717, 1.165) is 44.3 Å². The van der Waals surface area contributed by atoms with E-state index in [1.165, 1.54) is 0 Å². The van der Waals surface area contributed by atoms with E-state index in [1.54, 1.807) is 17.9 Å². The number of hydrogen-bond donors (Lipinski definition) is 2. The van der Waals surface area contributed by atoms with E-state index in [-0.39, 0.29) is 42.6 Å². The zero-order chi connectivity index (χ0) is 22.0. The monoisotopic (exact) mass is 432 g/mol. The van der Waals surface area contributed by atoms with Crippen LogP contribution in [0, 0.1) is 11.8 Å². The molecule has 0 bridgehead atoms. The number of rotatable bonds is 6. The summed E-state index contributed by atoms with van der Waals surface area (Å²) in [7, 11) is 0. The van der Waals surface area contributed by atoms with Crippen molar-refractivity contribution in [1.29, 1.82) is 0 Å². The van der Waals surface area contributed by atoms with Crippen LogP contribution in [-0.4, -0.2) is 59.6 Å². The van der Waals surface area contributed by atoms with Crippen molar-refractivity contribution in [3.63, 3.8) is 0 Å². The summed E-state index contributed by atoms with van der Waals surface area (Å²) in [5.41, 5.74) is 6.19. The molecule has 1 aromatic heterocycles. The molecule has 0 aromatic carbocycles. The zero-order valence-corrected chi connectivity index (χ0v) is 18.0. The van der Waals surface area contributed by atoms with Gasteiger partial charge in [0.1, 0.15) is 5.76 Å². The number of nitrogens with zero attached hydrogens (tertiary/aromatic N) is 2. The van der Waals surface area contributed by atoms with Crippen molar-refractivity contribution < 1.29 is 23.6 Å². The quantitative estimate of drug-likeness (QED) is 0.653. The van der Waals surface area contributed by atoms with Crippen LogP contribution in [0.15, 0.2) is 10.6 Å². The van der Waals surface area contributed by atoms with Crippen molar-refractivity contribution >= 4 is 17.8 Å². The fourth-order valence-electron chi connectivity index (χ4n) is 4.64. The van der Waals surface area contributed by atoms with Gasteiger partial charge >= 0.3 is 5.97 Å². The number of piperidine rings is 1. The molecule has 9 heteroatoms. The molecule has 2 heterocycles. The lowest BCUT2D eigenvalue weighted by molar-refractivity contribution is -0.153. The Morgan fingerprint density at radius 2 is 1.94 bits per heavy atom. The van der Waals surface area contributed by atoms with E-state index < -0.39 is 17.9 Å². The van der Waals surface area contributed by atoms with Crippen LogP contribution >= 0.6 is 0 Å². The van der Waals surface area contributed by atoms with E-state index in [9.17, 15) is 14.4 Å². The van der Waals surface area contributed by atoms with Gasteiger partial charge in [-0.2, -0.15) is 0 Å². The molecule has 0 radical (unpaired) electrons. The number of aromatic nitrogens is 1. The predicted octanol–water partition coefficient (Wildman–Crippen LogP) is 1.58. The molecule has 0 spiro atoms. The largest absolute Gasteiger partial charge is 0.466 e. The summed E-state index contributed by atoms with van der Waals surface area (Å²) in [6.45, 7) is 2.74. The summed E-state index contributed by atoms with van der Waals surface area (Å²) in [6.07, 6.45) is 5.88. The van der Waals surface area contributed by atoms with E-state index in [2.05, 4.69) is 10.5 Å². The molecule has 3 fully saturated rings. The van der Waals surface area contributed by atoms with Crippen molar-refractivity contribution in [3.05, 3.63) is 17.5 Å². The lowest BCUT2D eigenvalue weighted by Crippen LogP contribution is -2.56. The number of ether oxygens (including phenoxy) is 1. The third-order valence-corrected chi connectivity index (χ3v) is 6.69. The number of carbonyl (C=O) groups excluding carboxylic acids is 3. The van der Waals surface area contributed by atoms with Crippen LogP contribution in [0.1, 0.15) is 74.0 Å². The average Bonchev–Trinajstić information content (AvgIpc) is 3.50. The first-order valence-corrected chi connectivity index (χ1v) is 11.4. The van der Waals surface area contributed by atoms with Gasteiger partial charge in [-0.25, -0.2) is 0 Å². The lowest BCUT2D eigenvalue weighted by Gasteiger charge is -2.39. The second-order valence-electron chi connectivity index (χ2n) is 9.01. The minimum absolute atomic E-state index is 0.0373. The predicted molar refractivity (Wildman–Crippen MR) is 111 cm³/mol. The van der Waals surface area contributed by atoms with Crippen LogP contribution in [0.25, 0.3) is 0 Å². The zero-order valence-electron chi connectivity index (χ0n) is 18.0. The van der Waals surface area contributed by atoms with Crippen molar-refractivity contribution in [2.24, 2.45) is 17.6 Å². The Kier molecular flexibility index (Phi) is 6.60. The van der Waals surface area contributed by atoms with Crippen LogP contribution in [-0.2, 0) is 14.3 Å². The Morgan fingerprint density at radius 3 is 2.61 bits per heavy atom. The van der Waals surface area contributed by atoms with Gasteiger partial charge in [-0.15, -0.1) is 0 Å². The minimum Gasteiger partial charge on any atom is -0.466 e. The standard InChI is InChI=1S/C22H32N4O5/c1-2-30-22(29)16-12-26(21(28)14-5-7-15(23)8-6-14)10-9-17(16)24-20(27)18-11-19(31-25-18)13-3-4-13/h11,13-17H,2-10,12,23H2,1H3,(H,24,27). The van der Waals surface area contributed by atoms with E-state index in [1.807, 2.05) is 0 Å². The van der Waals surface area contributed by atoms with Crippen molar-refractivity contribution in [3.8, 4) is 0 Å². The van der Waals surface area contributed by atoms with Gasteiger partial charge in [0.25, 0.3) is 5.91 Å². The molecular weight excluding hydrogens is 400 g/mol. The normalized spacial score (nSPS) is 28.8. The van der Waals surface area contributed by atoms with Crippen LogP contribution in [0.3, 0.4) is 0 Å². The van der Waals surface area contributed by atoms with Gasteiger partial charge < -0.3 is 25.2 Å². The number of esters is 1. The fraction of sp³-hybridized carbons (Fsp3) is 0.727. The lowest BCUT2D eigenvalue weighted by atomic mass is 9.84. The van der Waals surface area contributed by atoms with Crippen molar-refractivity contribution in [2.45, 2.75) is 69.9 Å². The molecule has 31 heavy (non-hydrogen) atoms. The Balaban J connectivity index is 1.40.